The molecule has 1 saturated heterocycles. The van der Waals surface area contributed by atoms with Crippen LogP contribution >= 0.6 is 0 Å². The zero-order valence-corrected chi connectivity index (χ0v) is 8.42. The summed E-state index contributed by atoms with van der Waals surface area (Å²) in [4.78, 5) is 2.56. The number of likely N-dealkylation sites (tertiary alicyclic amines) is 1. The summed E-state index contributed by atoms with van der Waals surface area (Å²) in [5, 5.41) is 0. The van der Waals surface area contributed by atoms with Gasteiger partial charge < -0.3 is 5.73 Å². The summed E-state index contributed by atoms with van der Waals surface area (Å²) in [6.07, 6.45) is 4.11. The molecular formula is C10H22N2. The molecule has 0 spiro atoms. The molecule has 1 rings (SSSR count). The van der Waals surface area contributed by atoms with Crippen molar-refractivity contribution in [2.45, 2.75) is 39.2 Å². The highest BCUT2D eigenvalue weighted by Gasteiger charge is 2.23. The molecule has 1 fully saturated rings. The SMILES string of the molecule is CC(C)CC1CCCN1CCN. The summed E-state index contributed by atoms with van der Waals surface area (Å²) in [6.45, 7) is 7.79. The van der Waals surface area contributed by atoms with Crippen LogP contribution in [0.3, 0.4) is 0 Å². The van der Waals surface area contributed by atoms with Gasteiger partial charge in [-0.15, -0.1) is 0 Å². The van der Waals surface area contributed by atoms with Crippen LogP contribution in [0.15, 0.2) is 0 Å². The van der Waals surface area contributed by atoms with E-state index in [4.69, 9.17) is 5.73 Å². The summed E-state index contributed by atoms with van der Waals surface area (Å²) in [5.74, 6) is 0.827. The van der Waals surface area contributed by atoms with Crippen molar-refractivity contribution in [2.24, 2.45) is 11.7 Å². The number of hydrogen-bond acceptors (Lipinski definition) is 2. The average molecular weight is 170 g/mol. The number of hydrogen-bond donors (Lipinski definition) is 1. The van der Waals surface area contributed by atoms with E-state index in [1.807, 2.05) is 0 Å². The number of rotatable bonds is 4. The smallest absolute Gasteiger partial charge is 0.0108 e. The van der Waals surface area contributed by atoms with Gasteiger partial charge in [-0.1, -0.05) is 13.8 Å². The van der Waals surface area contributed by atoms with Crippen LogP contribution in [0.2, 0.25) is 0 Å². The Morgan fingerprint density at radius 3 is 2.83 bits per heavy atom. The fraction of sp³-hybridized carbons (Fsp3) is 1.00. The normalized spacial score (nSPS) is 25.5. The minimum Gasteiger partial charge on any atom is -0.329 e. The molecule has 12 heavy (non-hydrogen) atoms. The third kappa shape index (κ3) is 2.76. The molecule has 2 nitrogen and oxygen atoms in total. The van der Waals surface area contributed by atoms with Gasteiger partial charge in [0.25, 0.3) is 0 Å². The molecule has 1 unspecified atom stereocenters. The van der Waals surface area contributed by atoms with Crippen molar-refractivity contribution in [3.63, 3.8) is 0 Å². The summed E-state index contributed by atoms with van der Waals surface area (Å²) >= 11 is 0. The van der Waals surface area contributed by atoms with Gasteiger partial charge in [0, 0.05) is 19.1 Å². The lowest BCUT2D eigenvalue weighted by atomic mass is 10.0. The van der Waals surface area contributed by atoms with Crippen LogP contribution in [0.4, 0.5) is 0 Å². The summed E-state index contributed by atoms with van der Waals surface area (Å²) in [7, 11) is 0. The van der Waals surface area contributed by atoms with Crippen LogP contribution in [0.25, 0.3) is 0 Å². The third-order valence-corrected chi connectivity index (χ3v) is 2.66. The van der Waals surface area contributed by atoms with Crippen LogP contribution in [-0.4, -0.2) is 30.6 Å². The van der Waals surface area contributed by atoms with Gasteiger partial charge in [-0.3, -0.25) is 4.90 Å². The average Bonchev–Trinajstić information content (AvgIpc) is 2.37. The summed E-state index contributed by atoms with van der Waals surface area (Å²) in [6, 6.07) is 0.827. The van der Waals surface area contributed by atoms with Gasteiger partial charge in [-0.2, -0.15) is 0 Å². The Kier molecular flexibility index (Phi) is 4.02. The van der Waals surface area contributed by atoms with Gasteiger partial charge in [0.15, 0.2) is 0 Å². The maximum absolute atomic E-state index is 5.56. The largest absolute Gasteiger partial charge is 0.329 e. The molecule has 1 aliphatic heterocycles. The topological polar surface area (TPSA) is 29.3 Å². The highest BCUT2D eigenvalue weighted by atomic mass is 15.2. The van der Waals surface area contributed by atoms with Gasteiger partial charge in [0.2, 0.25) is 0 Å². The van der Waals surface area contributed by atoms with Gasteiger partial charge in [0.1, 0.15) is 0 Å². The molecule has 0 aromatic rings. The maximum Gasteiger partial charge on any atom is 0.0108 e. The van der Waals surface area contributed by atoms with Crippen molar-refractivity contribution in [3.8, 4) is 0 Å². The minimum atomic E-state index is 0.814. The van der Waals surface area contributed by atoms with E-state index < -0.39 is 0 Å². The lowest BCUT2D eigenvalue weighted by Crippen LogP contribution is -2.34. The first-order chi connectivity index (χ1) is 5.74. The molecule has 0 aromatic carbocycles. The van der Waals surface area contributed by atoms with Crippen molar-refractivity contribution in [1.82, 2.24) is 4.90 Å². The second-order valence-corrected chi connectivity index (χ2v) is 4.25. The molecule has 0 saturated carbocycles. The Labute approximate surface area is 76.1 Å². The van der Waals surface area contributed by atoms with Crippen molar-refractivity contribution in [3.05, 3.63) is 0 Å². The molecule has 0 amide bonds. The van der Waals surface area contributed by atoms with E-state index in [0.717, 1.165) is 25.0 Å². The molecule has 0 bridgehead atoms. The molecule has 2 N–H and O–H groups in total. The van der Waals surface area contributed by atoms with E-state index in [-0.39, 0.29) is 0 Å². The van der Waals surface area contributed by atoms with Crippen molar-refractivity contribution < 1.29 is 0 Å². The van der Waals surface area contributed by atoms with Crippen molar-refractivity contribution in [2.75, 3.05) is 19.6 Å². The predicted octanol–water partition coefficient (Wildman–Crippen LogP) is 1.46. The molecule has 0 radical (unpaired) electrons. The fourth-order valence-electron chi connectivity index (χ4n) is 2.17. The van der Waals surface area contributed by atoms with Crippen LogP contribution in [0.1, 0.15) is 33.1 Å². The Morgan fingerprint density at radius 1 is 1.50 bits per heavy atom. The Morgan fingerprint density at radius 2 is 2.25 bits per heavy atom. The standard InChI is InChI=1S/C10H22N2/c1-9(2)8-10-4-3-6-12(10)7-5-11/h9-10H,3-8,11H2,1-2H3. The molecule has 0 aromatic heterocycles. The fourth-order valence-corrected chi connectivity index (χ4v) is 2.17. The van der Waals surface area contributed by atoms with E-state index in [1.54, 1.807) is 0 Å². The van der Waals surface area contributed by atoms with E-state index in [9.17, 15) is 0 Å². The molecule has 72 valence electrons. The summed E-state index contributed by atoms with van der Waals surface area (Å²) < 4.78 is 0. The minimum absolute atomic E-state index is 0.814. The zero-order valence-electron chi connectivity index (χ0n) is 8.42. The third-order valence-electron chi connectivity index (χ3n) is 2.66. The zero-order chi connectivity index (χ0) is 8.97. The van der Waals surface area contributed by atoms with Gasteiger partial charge in [0.05, 0.1) is 0 Å². The number of nitrogens with zero attached hydrogens (tertiary/aromatic N) is 1. The van der Waals surface area contributed by atoms with Gasteiger partial charge in [-0.25, -0.2) is 0 Å². The number of nitrogens with two attached hydrogens (primary N) is 1. The first-order valence-electron chi connectivity index (χ1n) is 5.18. The highest BCUT2D eigenvalue weighted by molar-refractivity contribution is 4.79. The molecule has 1 aliphatic rings. The van der Waals surface area contributed by atoms with Crippen molar-refractivity contribution in [1.29, 1.82) is 0 Å². The second kappa shape index (κ2) is 4.83. The maximum atomic E-state index is 5.56. The van der Waals surface area contributed by atoms with Gasteiger partial charge in [-0.05, 0) is 31.7 Å². The van der Waals surface area contributed by atoms with Crippen LogP contribution in [-0.2, 0) is 0 Å². The lowest BCUT2D eigenvalue weighted by molar-refractivity contribution is 0.232. The molecule has 1 atom stereocenters. The van der Waals surface area contributed by atoms with E-state index in [2.05, 4.69) is 18.7 Å². The summed E-state index contributed by atoms with van der Waals surface area (Å²) in [5.41, 5.74) is 5.56. The van der Waals surface area contributed by atoms with E-state index in [0.29, 0.717) is 0 Å². The Bertz CT molecular complexity index is 123. The van der Waals surface area contributed by atoms with Crippen molar-refractivity contribution >= 4 is 0 Å². The second-order valence-electron chi connectivity index (χ2n) is 4.25. The molecular weight excluding hydrogens is 148 g/mol. The van der Waals surface area contributed by atoms with E-state index >= 15 is 0 Å². The lowest BCUT2D eigenvalue weighted by Gasteiger charge is -2.24. The first kappa shape index (κ1) is 10.0. The van der Waals surface area contributed by atoms with Crippen LogP contribution in [0, 0.1) is 5.92 Å². The predicted molar refractivity (Wildman–Crippen MR) is 53.1 cm³/mol. The quantitative estimate of drug-likeness (QED) is 0.692. The molecule has 1 heterocycles. The first-order valence-corrected chi connectivity index (χ1v) is 5.18. The van der Waals surface area contributed by atoms with Crippen LogP contribution in [0.5, 0.6) is 0 Å². The molecule has 0 aliphatic carbocycles. The van der Waals surface area contributed by atoms with Crippen LogP contribution < -0.4 is 5.73 Å². The Hall–Kier alpha value is -0.0800. The monoisotopic (exact) mass is 170 g/mol. The Balaban J connectivity index is 2.30. The van der Waals surface area contributed by atoms with Gasteiger partial charge >= 0.3 is 0 Å². The van der Waals surface area contributed by atoms with E-state index in [1.165, 1.54) is 25.8 Å². The highest BCUT2D eigenvalue weighted by Crippen LogP contribution is 2.22. The molecule has 2 heteroatoms.